The van der Waals surface area contributed by atoms with E-state index >= 15 is 0 Å². The van der Waals surface area contributed by atoms with Crippen molar-refractivity contribution in [1.82, 2.24) is 14.9 Å². The maximum Gasteiger partial charge on any atom is 0.225 e. The third-order valence-corrected chi connectivity index (χ3v) is 5.89. The number of aromatic nitrogens is 2. The summed E-state index contributed by atoms with van der Waals surface area (Å²) in [7, 11) is 0. The van der Waals surface area contributed by atoms with Crippen LogP contribution >= 0.6 is 0 Å². The van der Waals surface area contributed by atoms with Gasteiger partial charge in [-0.2, -0.15) is 0 Å². The van der Waals surface area contributed by atoms with E-state index in [1.165, 1.54) is 32.1 Å². The Kier molecular flexibility index (Phi) is 5.20. The number of aliphatic hydroxyl groups excluding tert-OH is 1. The van der Waals surface area contributed by atoms with Crippen LogP contribution < -0.4 is 4.90 Å². The average molecular weight is 346 g/mol. The molecule has 0 bridgehead atoms. The highest BCUT2D eigenvalue weighted by atomic mass is 16.5. The first-order chi connectivity index (χ1) is 12.3. The lowest BCUT2D eigenvalue weighted by atomic mass is 9.76. The Morgan fingerprint density at radius 1 is 1.16 bits per heavy atom. The van der Waals surface area contributed by atoms with Crippen LogP contribution in [-0.2, 0) is 11.3 Å². The van der Waals surface area contributed by atoms with Gasteiger partial charge in [0.05, 0.1) is 13.2 Å². The molecule has 1 saturated carbocycles. The van der Waals surface area contributed by atoms with Crippen LogP contribution in [-0.4, -0.2) is 66.0 Å². The highest BCUT2D eigenvalue weighted by molar-refractivity contribution is 5.30. The van der Waals surface area contributed by atoms with E-state index in [4.69, 9.17) is 4.74 Å². The van der Waals surface area contributed by atoms with E-state index in [2.05, 4.69) is 19.8 Å². The smallest absolute Gasteiger partial charge is 0.225 e. The summed E-state index contributed by atoms with van der Waals surface area (Å²) in [6.07, 6.45) is 10.2. The van der Waals surface area contributed by atoms with Crippen molar-refractivity contribution in [3.63, 3.8) is 0 Å². The molecule has 1 aromatic heterocycles. The Morgan fingerprint density at radius 3 is 2.60 bits per heavy atom. The number of hydrogen-bond acceptors (Lipinski definition) is 6. The van der Waals surface area contributed by atoms with Crippen molar-refractivity contribution in [3.05, 3.63) is 18.0 Å². The number of aliphatic hydroxyl groups is 1. The minimum Gasteiger partial charge on any atom is -0.396 e. The number of rotatable bonds is 6. The van der Waals surface area contributed by atoms with E-state index in [0.29, 0.717) is 6.61 Å². The first-order valence-electron chi connectivity index (χ1n) is 9.73. The van der Waals surface area contributed by atoms with Crippen LogP contribution in [0.1, 0.15) is 37.7 Å². The van der Waals surface area contributed by atoms with Gasteiger partial charge in [0.15, 0.2) is 0 Å². The fourth-order valence-corrected chi connectivity index (χ4v) is 4.35. The molecule has 1 atom stereocenters. The average Bonchev–Trinajstić information content (AvgIpc) is 3.47. The predicted molar refractivity (Wildman–Crippen MR) is 96.4 cm³/mol. The summed E-state index contributed by atoms with van der Waals surface area (Å²) in [4.78, 5) is 13.8. The number of hydrogen-bond donors (Lipinski definition) is 1. The molecule has 2 saturated heterocycles. The minimum absolute atomic E-state index is 0.119. The Labute approximate surface area is 150 Å². The molecule has 2 aliphatic heterocycles. The number of morpholine rings is 1. The molecule has 1 N–H and O–H groups in total. The first kappa shape index (κ1) is 17.2. The topological polar surface area (TPSA) is 61.7 Å². The Balaban J connectivity index is 1.36. The summed E-state index contributed by atoms with van der Waals surface area (Å²) < 4.78 is 5.38. The van der Waals surface area contributed by atoms with Crippen molar-refractivity contribution in [3.8, 4) is 0 Å². The van der Waals surface area contributed by atoms with Gasteiger partial charge in [0.1, 0.15) is 0 Å². The van der Waals surface area contributed by atoms with Gasteiger partial charge < -0.3 is 14.7 Å². The molecule has 25 heavy (non-hydrogen) atoms. The number of ether oxygens (including phenoxy) is 1. The molecule has 1 aliphatic carbocycles. The molecule has 3 fully saturated rings. The maximum absolute atomic E-state index is 10.0. The summed E-state index contributed by atoms with van der Waals surface area (Å²) in [6.45, 7) is 6.56. The SMILES string of the molecule is OC[C@@]1(CC2CC2)CCCN(Cc2cnc(N3CCOCC3)nc2)C1. The third kappa shape index (κ3) is 4.30. The molecule has 6 heteroatoms. The molecule has 3 heterocycles. The number of nitrogens with zero attached hydrogens (tertiary/aromatic N) is 4. The molecule has 3 aliphatic rings. The van der Waals surface area contributed by atoms with Gasteiger partial charge in [0.25, 0.3) is 0 Å². The van der Waals surface area contributed by atoms with Crippen LogP contribution in [0, 0.1) is 11.3 Å². The van der Waals surface area contributed by atoms with E-state index < -0.39 is 0 Å². The van der Waals surface area contributed by atoms with E-state index in [1.54, 1.807) is 0 Å². The molecule has 0 radical (unpaired) electrons. The highest BCUT2D eigenvalue weighted by Gasteiger charge is 2.39. The molecule has 0 amide bonds. The van der Waals surface area contributed by atoms with Gasteiger partial charge in [-0.05, 0) is 31.7 Å². The van der Waals surface area contributed by atoms with Gasteiger partial charge in [-0.15, -0.1) is 0 Å². The number of piperidine rings is 1. The molecule has 138 valence electrons. The monoisotopic (exact) mass is 346 g/mol. The van der Waals surface area contributed by atoms with Gasteiger partial charge in [-0.1, -0.05) is 12.8 Å². The van der Waals surface area contributed by atoms with Crippen molar-refractivity contribution >= 4 is 5.95 Å². The van der Waals surface area contributed by atoms with Crippen molar-refractivity contribution in [2.24, 2.45) is 11.3 Å². The van der Waals surface area contributed by atoms with Crippen LogP contribution in [0.2, 0.25) is 0 Å². The lowest BCUT2D eigenvalue weighted by Gasteiger charge is -2.42. The lowest BCUT2D eigenvalue weighted by Crippen LogP contribution is -2.45. The maximum atomic E-state index is 10.0. The zero-order valence-corrected chi connectivity index (χ0v) is 15.1. The van der Waals surface area contributed by atoms with E-state index in [-0.39, 0.29) is 5.41 Å². The summed E-state index contributed by atoms with van der Waals surface area (Å²) in [6, 6.07) is 0. The Hall–Kier alpha value is -1.24. The normalized spacial score (nSPS) is 28.3. The van der Waals surface area contributed by atoms with Gasteiger partial charge >= 0.3 is 0 Å². The van der Waals surface area contributed by atoms with Crippen molar-refractivity contribution < 1.29 is 9.84 Å². The highest BCUT2D eigenvalue weighted by Crippen LogP contribution is 2.44. The lowest BCUT2D eigenvalue weighted by molar-refractivity contribution is 0.0179. The molecule has 6 nitrogen and oxygen atoms in total. The van der Waals surface area contributed by atoms with Crippen LogP contribution in [0.5, 0.6) is 0 Å². The van der Waals surface area contributed by atoms with Crippen molar-refractivity contribution in [1.29, 1.82) is 0 Å². The molecule has 1 aromatic rings. The fourth-order valence-electron chi connectivity index (χ4n) is 4.35. The Morgan fingerprint density at radius 2 is 1.92 bits per heavy atom. The number of anilines is 1. The zero-order chi connectivity index (χ0) is 17.1. The Bertz CT molecular complexity index is 557. The quantitative estimate of drug-likeness (QED) is 0.846. The number of likely N-dealkylation sites (tertiary alicyclic amines) is 1. The van der Waals surface area contributed by atoms with Gasteiger partial charge in [-0.3, -0.25) is 4.90 Å². The fraction of sp³-hybridized carbons (Fsp3) is 0.789. The standard InChI is InChI=1S/C19H30N4O2/c24-15-19(10-16-2-3-16)4-1-5-22(14-19)13-17-11-20-18(21-12-17)23-6-8-25-9-7-23/h11-12,16,24H,1-10,13-15H2/t19-/m1/s1. The van der Waals surface area contributed by atoms with Gasteiger partial charge in [-0.25, -0.2) is 9.97 Å². The minimum atomic E-state index is 0.119. The largest absolute Gasteiger partial charge is 0.396 e. The molecular formula is C19H30N4O2. The summed E-state index contributed by atoms with van der Waals surface area (Å²) in [5, 5.41) is 10.0. The zero-order valence-electron chi connectivity index (χ0n) is 15.1. The summed E-state index contributed by atoms with van der Waals surface area (Å²) >= 11 is 0. The molecule has 4 rings (SSSR count). The van der Waals surface area contributed by atoms with Crippen molar-refractivity contribution in [2.75, 3.05) is 50.9 Å². The van der Waals surface area contributed by atoms with Crippen LogP contribution in [0.25, 0.3) is 0 Å². The predicted octanol–water partition coefficient (Wildman–Crippen LogP) is 1.69. The van der Waals surface area contributed by atoms with Gasteiger partial charge in [0, 0.05) is 56.2 Å². The van der Waals surface area contributed by atoms with E-state index in [1.807, 2.05) is 12.4 Å². The van der Waals surface area contributed by atoms with Gasteiger partial charge in [0.2, 0.25) is 5.95 Å². The van der Waals surface area contributed by atoms with Crippen molar-refractivity contribution in [2.45, 2.75) is 38.6 Å². The van der Waals surface area contributed by atoms with Crippen LogP contribution in [0.3, 0.4) is 0 Å². The van der Waals surface area contributed by atoms with E-state index in [0.717, 1.165) is 63.4 Å². The first-order valence-corrected chi connectivity index (χ1v) is 9.73. The third-order valence-electron chi connectivity index (χ3n) is 5.89. The van der Waals surface area contributed by atoms with E-state index in [9.17, 15) is 5.11 Å². The molecule has 0 spiro atoms. The second-order valence-corrected chi connectivity index (χ2v) is 8.11. The summed E-state index contributed by atoms with van der Waals surface area (Å²) in [5.41, 5.74) is 1.28. The summed E-state index contributed by atoms with van der Waals surface area (Å²) in [5.74, 6) is 1.67. The second kappa shape index (κ2) is 7.56. The second-order valence-electron chi connectivity index (χ2n) is 8.11. The molecule has 0 unspecified atom stereocenters. The van der Waals surface area contributed by atoms with Crippen LogP contribution in [0.15, 0.2) is 12.4 Å². The molecule has 0 aromatic carbocycles. The van der Waals surface area contributed by atoms with Crippen LogP contribution in [0.4, 0.5) is 5.95 Å². The molecular weight excluding hydrogens is 316 g/mol.